The largest absolute Gasteiger partial charge is 0.494 e. The summed E-state index contributed by atoms with van der Waals surface area (Å²) in [5.74, 6) is 1.27. The van der Waals surface area contributed by atoms with E-state index in [9.17, 15) is 4.79 Å². The van der Waals surface area contributed by atoms with Crippen LogP contribution in [-0.2, 0) is 24.2 Å². The molecular formula is C24H28N4O3. The lowest BCUT2D eigenvalue weighted by Gasteiger charge is -2.14. The van der Waals surface area contributed by atoms with Gasteiger partial charge in [-0.25, -0.2) is 0 Å². The average Bonchev–Trinajstić information content (AvgIpc) is 3.18. The van der Waals surface area contributed by atoms with Crippen LogP contribution in [0.2, 0.25) is 0 Å². The fourth-order valence-electron chi connectivity index (χ4n) is 3.86. The first-order chi connectivity index (χ1) is 15.2. The molecule has 0 bridgehead atoms. The van der Waals surface area contributed by atoms with Crippen molar-refractivity contribution >= 4 is 5.91 Å². The molecule has 1 amide bonds. The molecular weight excluding hydrogens is 392 g/mol. The Bertz CT molecular complexity index is 1000. The summed E-state index contributed by atoms with van der Waals surface area (Å²) < 4.78 is 13.0. The van der Waals surface area contributed by atoms with Gasteiger partial charge in [0.1, 0.15) is 17.2 Å². The number of carbonyl (C=O) groups excluding carboxylic acids is 1. The molecule has 0 aliphatic heterocycles. The fourth-order valence-corrected chi connectivity index (χ4v) is 3.86. The van der Waals surface area contributed by atoms with E-state index in [0.717, 1.165) is 30.0 Å². The topological polar surface area (TPSA) is 78.3 Å². The van der Waals surface area contributed by atoms with Gasteiger partial charge in [0.2, 0.25) is 0 Å². The minimum absolute atomic E-state index is 0.0234. The van der Waals surface area contributed by atoms with Gasteiger partial charge in [0.15, 0.2) is 6.61 Å². The lowest BCUT2D eigenvalue weighted by Crippen LogP contribution is -2.32. The molecule has 0 spiro atoms. The number of amides is 1. The SMILES string of the molecule is CCOc1ccc(OCC(=O)NCCn2nc(-c3ccccn3)c3c2CCCC3)cc1. The van der Waals surface area contributed by atoms with E-state index >= 15 is 0 Å². The second-order valence-electron chi connectivity index (χ2n) is 7.46. The van der Waals surface area contributed by atoms with E-state index in [1.54, 1.807) is 18.3 Å². The second kappa shape index (κ2) is 10.1. The van der Waals surface area contributed by atoms with Crippen LogP contribution < -0.4 is 14.8 Å². The normalized spacial score (nSPS) is 12.8. The van der Waals surface area contributed by atoms with Crippen LogP contribution in [0.4, 0.5) is 0 Å². The van der Waals surface area contributed by atoms with E-state index in [0.29, 0.717) is 25.4 Å². The summed E-state index contributed by atoms with van der Waals surface area (Å²) in [4.78, 5) is 16.7. The molecule has 0 atom stereocenters. The molecule has 7 nitrogen and oxygen atoms in total. The quantitative estimate of drug-likeness (QED) is 0.574. The summed E-state index contributed by atoms with van der Waals surface area (Å²) in [5, 5.41) is 7.76. The Kier molecular flexibility index (Phi) is 6.82. The van der Waals surface area contributed by atoms with Crippen LogP contribution in [0.1, 0.15) is 31.0 Å². The van der Waals surface area contributed by atoms with Gasteiger partial charge in [-0.05, 0) is 69.0 Å². The number of ether oxygens (including phenoxy) is 2. The number of hydrogen-bond acceptors (Lipinski definition) is 5. The Morgan fingerprint density at radius 1 is 1.06 bits per heavy atom. The maximum absolute atomic E-state index is 12.2. The number of fused-ring (bicyclic) bond motifs is 1. The first kappa shape index (κ1) is 20.9. The number of pyridine rings is 1. The van der Waals surface area contributed by atoms with Gasteiger partial charge in [-0.2, -0.15) is 5.10 Å². The summed E-state index contributed by atoms with van der Waals surface area (Å²) >= 11 is 0. The van der Waals surface area contributed by atoms with Crippen LogP contribution in [0.25, 0.3) is 11.4 Å². The summed E-state index contributed by atoms with van der Waals surface area (Å²) in [6.45, 7) is 3.66. The Hall–Kier alpha value is -3.35. The predicted octanol–water partition coefficient (Wildman–Crippen LogP) is 3.42. The van der Waals surface area contributed by atoms with E-state index < -0.39 is 0 Å². The summed E-state index contributed by atoms with van der Waals surface area (Å²) in [7, 11) is 0. The van der Waals surface area contributed by atoms with Gasteiger partial charge in [-0.15, -0.1) is 0 Å². The van der Waals surface area contributed by atoms with Crippen LogP contribution in [0.15, 0.2) is 48.7 Å². The minimum atomic E-state index is -0.153. The molecule has 31 heavy (non-hydrogen) atoms. The van der Waals surface area contributed by atoms with Gasteiger partial charge >= 0.3 is 0 Å². The van der Waals surface area contributed by atoms with Crippen molar-refractivity contribution in [1.29, 1.82) is 0 Å². The zero-order valence-corrected chi connectivity index (χ0v) is 17.8. The van der Waals surface area contributed by atoms with Gasteiger partial charge in [0.05, 0.1) is 18.8 Å². The second-order valence-corrected chi connectivity index (χ2v) is 7.46. The number of aromatic nitrogens is 3. The molecule has 2 aromatic heterocycles. The highest BCUT2D eigenvalue weighted by Crippen LogP contribution is 2.30. The number of hydrogen-bond donors (Lipinski definition) is 1. The Balaban J connectivity index is 1.31. The smallest absolute Gasteiger partial charge is 0.258 e. The molecule has 1 N–H and O–H groups in total. The van der Waals surface area contributed by atoms with Crippen LogP contribution in [0, 0.1) is 0 Å². The van der Waals surface area contributed by atoms with Crippen LogP contribution in [0.5, 0.6) is 11.5 Å². The standard InChI is InChI=1S/C24H28N4O3/c1-2-30-18-10-12-19(13-11-18)31-17-23(29)26-15-16-28-22-9-4-3-7-20(22)24(27-28)21-8-5-6-14-25-21/h5-6,8,10-14H,2-4,7,9,15-17H2,1H3,(H,26,29). The lowest BCUT2D eigenvalue weighted by atomic mass is 9.95. The molecule has 7 heteroatoms. The lowest BCUT2D eigenvalue weighted by molar-refractivity contribution is -0.123. The fraction of sp³-hybridized carbons (Fsp3) is 0.375. The Morgan fingerprint density at radius 2 is 1.84 bits per heavy atom. The highest BCUT2D eigenvalue weighted by Gasteiger charge is 2.22. The predicted molar refractivity (Wildman–Crippen MR) is 118 cm³/mol. The van der Waals surface area contributed by atoms with Gasteiger partial charge in [-0.1, -0.05) is 6.07 Å². The molecule has 0 radical (unpaired) electrons. The molecule has 162 valence electrons. The average molecular weight is 421 g/mol. The van der Waals surface area contributed by atoms with Crippen molar-refractivity contribution in [2.45, 2.75) is 39.2 Å². The molecule has 4 rings (SSSR count). The number of rotatable bonds is 9. The maximum Gasteiger partial charge on any atom is 0.258 e. The Labute approximate surface area is 182 Å². The maximum atomic E-state index is 12.2. The van der Waals surface area contributed by atoms with Crippen LogP contribution >= 0.6 is 0 Å². The van der Waals surface area contributed by atoms with Gasteiger partial charge in [0.25, 0.3) is 5.91 Å². The van der Waals surface area contributed by atoms with Crippen LogP contribution in [-0.4, -0.2) is 40.4 Å². The summed E-state index contributed by atoms with van der Waals surface area (Å²) in [6.07, 6.45) is 6.20. The Morgan fingerprint density at radius 3 is 2.58 bits per heavy atom. The molecule has 0 fully saturated rings. The van der Waals surface area contributed by atoms with Gasteiger partial charge in [0, 0.05) is 24.0 Å². The molecule has 1 aromatic carbocycles. The van der Waals surface area contributed by atoms with Gasteiger partial charge < -0.3 is 14.8 Å². The molecule has 0 saturated carbocycles. The first-order valence-electron chi connectivity index (χ1n) is 10.9. The van der Waals surface area contributed by atoms with E-state index in [1.165, 1.54) is 24.1 Å². The van der Waals surface area contributed by atoms with Crippen molar-refractivity contribution < 1.29 is 14.3 Å². The van der Waals surface area contributed by atoms with Crippen molar-refractivity contribution in [3.05, 3.63) is 59.9 Å². The van der Waals surface area contributed by atoms with Crippen molar-refractivity contribution in [2.75, 3.05) is 19.8 Å². The summed E-state index contributed by atoms with van der Waals surface area (Å²) in [5.41, 5.74) is 4.45. The van der Waals surface area contributed by atoms with Crippen LogP contribution in [0.3, 0.4) is 0 Å². The van der Waals surface area contributed by atoms with Crippen molar-refractivity contribution in [1.82, 2.24) is 20.1 Å². The van der Waals surface area contributed by atoms with E-state index in [4.69, 9.17) is 14.6 Å². The first-order valence-corrected chi connectivity index (χ1v) is 10.9. The summed E-state index contributed by atoms with van der Waals surface area (Å²) in [6, 6.07) is 13.2. The molecule has 0 saturated heterocycles. The molecule has 1 aliphatic carbocycles. The van der Waals surface area contributed by atoms with Gasteiger partial charge in [-0.3, -0.25) is 14.5 Å². The zero-order chi connectivity index (χ0) is 21.5. The van der Waals surface area contributed by atoms with Crippen molar-refractivity contribution in [3.63, 3.8) is 0 Å². The number of carbonyl (C=O) groups is 1. The highest BCUT2D eigenvalue weighted by atomic mass is 16.5. The number of nitrogens with one attached hydrogen (secondary N) is 1. The third-order valence-corrected chi connectivity index (χ3v) is 5.31. The molecule has 0 unspecified atom stereocenters. The van der Waals surface area contributed by atoms with E-state index in [1.807, 2.05) is 41.9 Å². The number of benzene rings is 1. The third-order valence-electron chi connectivity index (χ3n) is 5.31. The number of nitrogens with zero attached hydrogens (tertiary/aromatic N) is 3. The minimum Gasteiger partial charge on any atom is -0.494 e. The van der Waals surface area contributed by atoms with E-state index in [2.05, 4.69) is 10.3 Å². The molecule has 3 aromatic rings. The monoisotopic (exact) mass is 420 g/mol. The molecule has 1 aliphatic rings. The van der Waals surface area contributed by atoms with E-state index in [-0.39, 0.29) is 12.5 Å². The van der Waals surface area contributed by atoms with Crippen molar-refractivity contribution in [2.24, 2.45) is 0 Å². The van der Waals surface area contributed by atoms with Crippen molar-refractivity contribution in [3.8, 4) is 22.9 Å². The highest BCUT2D eigenvalue weighted by molar-refractivity contribution is 5.77. The third kappa shape index (κ3) is 5.23. The molecule has 2 heterocycles. The zero-order valence-electron chi connectivity index (χ0n) is 17.8.